The second kappa shape index (κ2) is 11.0. The summed E-state index contributed by atoms with van der Waals surface area (Å²) in [4.78, 5) is 55.8. The van der Waals surface area contributed by atoms with Crippen molar-refractivity contribution in [2.24, 2.45) is 11.8 Å². The fraction of sp³-hybridized carbons (Fsp3) is 0.640. The number of amides is 4. The minimum absolute atomic E-state index is 0.0106. The number of nitrogens with zero attached hydrogens (tertiary/aromatic N) is 2. The van der Waals surface area contributed by atoms with Crippen LogP contribution in [0.25, 0.3) is 0 Å². The highest BCUT2D eigenvalue weighted by molar-refractivity contribution is 6.09. The average molecular weight is 471 g/mol. The maximum absolute atomic E-state index is 13.3. The molecule has 1 aliphatic heterocycles. The van der Waals surface area contributed by atoms with Crippen molar-refractivity contribution in [1.82, 2.24) is 15.2 Å². The minimum Gasteiger partial charge on any atom is -0.478 e. The SMILES string of the molecule is O=C(O)c1ccc(NC(=O)C(CC2CCCCC2)N2C(=O)NC(CC3CCCCC3)C2=O)nc1. The fourth-order valence-electron chi connectivity index (χ4n) is 5.63. The number of imide groups is 1. The van der Waals surface area contributed by atoms with Gasteiger partial charge in [0.25, 0.3) is 5.91 Å². The highest BCUT2D eigenvalue weighted by Crippen LogP contribution is 2.32. The average Bonchev–Trinajstić information content (AvgIpc) is 3.11. The topological polar surface area (TPSA) is 129 Å². The van der Waals surface area contributed by atoms with Crippen LogP contribution in [0.3, 0.4) is 0 Å². The third kappa shape index (κ3) is 5.74. The fourth-order valence-corrected chi connectivity index (χ4v) is 5.63. The molecule has 3 N–H and O–H groups in total. The third-order valence-corrected chi connectivity index (χ3v) is 7.50. The maximum Gasteiger partial charge on any atom is 0.337 e. The van der Waals surface area contributed by atoms with E-state index in [9.17, 15) is 19.2 Å². The van der Waals surface area contributed by atoms with Gasteiger partial charge in [0.15, 0.2) is 0 Å². The van der Waals surface area contributed by atoms with Crippen molar-refractivity contribution in [2.75, 3.05) is 5.32 Å². The summed E-state index contributed by atoms with van der Waals surface area (Å²) in [5.41, 5.74) is 0.0106. The van der Waals surface area contributed by atoms with Crippen LogP contribution in [0.1, 0.15) is 87.4 Å². The molecule has 2 saturated carbocycles. The predicted molar refractivity (Wildman–Crippen MR) is 125 cm³/mol. The van der Waals surface area contributed by atoms with Gasteiger partial charge in [-0.25, -0.2) is 19.5 Å². The molecule has 3 aliphatic rings. The second-order valence-corrected chi connectivity index (χ2v) is 9.93. The van der Waals surface area contributed by atoms with Crippen LogP contribution < -0.4 is 10.6 Å². The summed E-state index contributed by atoms with van der Waals surface area (Å²) in [6.45, 7) is 0. The molecule has 0 bridgehead atoms. The van der Waals surface area contributed by atoms with Crippen LogP contribution in [0, 0.1) is 11.8 Å². The Kier molecular flexibility index (Phi) is 7.80. The summed E-state index contributed by atoms with van der Waals surface area (Å²) in [5.74, 6) is -1.02. The molecule has 1 saturated heterocycles. The molecule has 2 heterocycles. The largest absolute Gasteiger partial charge is 0.478 e. The van der Waals surface area contributed by atoms with Gasteiger partial charge in [-0.15, -0.1) is 0 Å². The number of aromatic nitrogens is 1. The lowest BCUT2D eigenvalue weighted by Crippen LogP contribution is -2.49. The van der Waals surface area contributed by atoms with Gasteiger partial charge < -0.3 is 15.7 Å². The number of carbonyl (C=O) groups excluding carboxylic acids is 3. The van der Waals surface area contributed by atoms with E-state index in [0.717, 1.165) is 56.3 Å². The van der Waals surface area contributed by atoms with E-state index in [2.05, 4.69) is 15.6 Å². The number of hydrogen-bond donors (Lipinski definition) is 3. The number of hydrogen-bond acceptors (Lipinski definition) is 5. The van der Waals surface area contributed by atoms with Gasteiger partial charge >= 0.3 is 12.0 Å². The predicted octanol–water partition coefficient (Wildman–Crippen LogP) is 3.95. The summed E-state index contributed by atoms with van der Waals surface area (Å²) in [5, 5.41) is 14.6. The Balaban J connectivity index is 1.49. The molecule has 1 aromatic rings. The van der Waals surface area contributed by atoms with Crippen LogP contribution in [0.4, 0.5) is 10.6 Å². The van der Waals surface area contributed by atoms with Crippen molar-refractivity contribution in [3.05, 3.63) is 23.9 Å². The van der Waals surface area contributed by atoms with Gasteiger partial charge in [-0.2, -0.15) is 0 Å². The molecule has 9 nitrogen and oxygen atoms in total. The summed E-state index contributed by atoms with van der Waals surface area (Å²) in [7, 11) is 0. The van der Waals surface area contributed by atoms with Gasteiger partial charge in [-0.3, -0.25) is 9.59 Å². The highest BCUT2D eigenvalue weighted by Gasteiger charge is 2.46. The van der Waals surface area contributed by atoms with E-state index in [1.54, 1.807) is 0 Å². The first-order chi connectivity index (χ1) is 16.4. The first-order valence-corrected chi connectivity index (χ1v) is 12.6. The zero-order valence-corrected chi connectivity index (χ0v) is 19.5. The van der Waals surface area contributed by atoms with E-state index >= 15 is 0 Å². The van der Waals surface area contributed by atoms with Gasteiger partial charge in [-0.05, 0) is 36.8 Å². The lowest BCUT2D eigenvalue weighted by atomic mass is 9.83. The van der Waals surface area contributed by atoms with E-state index in [4.69, 9.17) is 5.11 Å². The number of nitrogens with one attached hydrogen (secondary N) is 2. The Hall–Kier alpha value is -2.97. The van der Waals surface area contributed by atoms with Crippen molar-refractivity contribution in [2.45, 2.75) is 89.1 Å². The number of urea groups is 1. The molecule has 0 spiro atoms. The van der Waals surface area contributed by atoms with Crippen molar-refractivity contribution in [1.29, 1.82) is 0 Å². The Labute approximate surface area is 199 Å². The molecule has 0 radical (unpaired) electrons. The molecular formula is C25H34N4O5. The van der Waals surface area contributed by atoms with Crippen LogP contribution in [0.5, 0.6) is 0 Å². The summed E-state index contributed by atoms with van der Waals surface area (Å²) in [6, 6.07) is 0.764. The molecule has 4 rings (SSSR count). The number of carboxylic acids is 1. The van der Waals surface area contributed by atoms with E-state index < -0.39 is 30.0 Å². The Morgan fingerprint density at radius 2 is 1.68 bits per heavy atom. The number of pyridine rings is 1. The molecule has 184 valence electrons. The maximum atomic E-state index is 13.3. The standard InChI is InChI=1S/C25H34N4O5/c30-22(28-21-12-11-18(15-26-21)24(32)33)20(14-17-9-5-2-6-10-17)29-23(31)19(27-25(29)34)13-16-7-3-1-4-8-16/h11-12,15-17,19-20H,1-10,13-14H2,(H,27,34)(H,32,33)(H,26,28,30). The van der Waals surface area contributed by atoms with Crippen LogP contribution >= 0.6 is 0 Å². The highest BCUT2D eigenvalue weighted by atomic mass is 16.4. The number of carboxylic acid groups (broad SMARTS) is 1. The molecule has 4 amide bonds. The van der Waals surface area contributed by atoms with Gasteiger partial charge in [0.05, 0.1) is 5.56 Å². The van der Waals surface area contributed by atoms with E-state index in [1.165, 1.54) is 31.2 Å². The smallest absolute Gasteiger partial charge is 0.337 e. The minimum atomic E-state index is -1.11. The molecule has 34 heavy (non-hydrogen) atoms. The van der Waals surface area contributed by atoms with Gasteiger partial charge in [-0.1, -0.05) is 64.2 Å². The zero-order chi connectivity index (χ0) is 24.1. The summed E-state index contributed by atoms with van der Waals surface area (Å²) >= 11 is 0. The van der Waals surface area contributed by atoms with Crippen LogP contribution in [0.2, 0.25) is 0 Å². The van der Waals surface area contributed by atoms with Crippen molar-refractivity contribution in [3.8, 4) is 0 Å². The van der Waals surface area contributed by atoms with Gasteiger partial charge in [0.1, 0.15) is 17.9 Å². The third-order valence-electron chi connectivity index (χ3n) is 7.50. The summed E-state index contributed by atoms with van der Waals surface area (Å²) in [6.07, 6.45) is 13.2. The first kappa shape index (κ1) is 24.2. The summed E-state index contributed by atoms with van der Waals surface area (Å²) < 4.78 is 0. The number of aromatic carboxylic acids is 1. The van der Waals surface area contributed by atoms with Crippen molar-refractivity contribution in [3.63, 3.8) is 0 Å². The number of anilines is 1. The Morgan fingerprint density at radius 1 is 1.03 bits per heavy atom. The van der Waals surface area contributed by atoms with Crippen LogP contribution in [-0.2, 0) is 9.59 Å². The Morgan fingerprint density at radius 3 is 2.26 bits per heavy atom. The first-order valence-electron chi connectivity index (χ1n) is 12.6. The Bertz CT molecular complexity index is 906. The molecule has 2 atom stereocenters. The quantitative estimate of drug-likeness (QED) is 0.494. The number of rotatable bonds is 8. The molecular weight excluding hydrogens is 436 g/mol. The molecule has 1 aromatic heterocycles. The molecule has 2 aliphatic carbocycles. The van der Waals surface area contributed by atoms with Crippen LogP contribution in [0.15, 0.2) is 18.3 Å². The lowest BCUT2D eigenvalue weighted by molar-refractivity contribution is -0.134. The van der Waals surface area contributed by atoms with Gasteiger partial charge in [0.2, 0.25) is 5.91 Å². The van der Waals surface area contributed by atoms with Crippen LogP contribution in [-0.4, -0.2) is 50.9 Å². The number of carbonyl (C=O) groups is 4. The van der Waals surface area contributed by atoms with E-state index in [-0.39, 0.29) is 23.2 Å². The van der Waals surface area contributed by atoms with E-state index in [1.807, 2.05) is 0 Å². The van der Waals surface area contributed by atoms with E-state index in [0.29, 0.717) is 18.8 Å². The zero-order valence-electron chi connectivity index (χ0n) is 19.5. The molecule has 0 aromatic carbocycles. The monoisotopic (exact) mass is 470 g/mol. The molecule has 3 fully saturated rings. The van der Waals surface area contributed by atoms with Crippen molar-refractivity contribution < 1.29 is 24.3 Å². The second-order valence-electron chi connectivity index (χ2n) is 9.93. The normalized spacial score (nSPS) is 22.9. The molecule has 2 unspecified atom stereocenters. The lowest BCUT2D eigenvalue weighted by Gasteiger charge is -2.30. The van der Waals surface area contributed by atoms with Gasteiger partial charge in [0, 0.05) is 6.20 Å². The van der Waals surface area contributed by atoms with Crippen molar-refractivity contribution >= 4 is 29.6 Å². The molecule has 9 heteroatoms.